The van der Waals surface area contributed by atoms with Crippen molar-refractivity contribution in [2.45, 2.75) is 0 Å². The van der Waals surface area contributed by atoms with Gasteiger partial charge in [-0.25, -0.2) is 9.78 Å². The molecule has 0 radical (unpaired) electrons. The van der Waals surface area contributed by atoms with E-state index in [9.17, 15) is 4.79 Å². The van der Waals surface area contributed by atoms with E-state index in [1.807, 2.05) is 0 Å². The number of nitrogens with two attached hydrogens (primary N) is 1. The Hall–Kier alpha value is -1.85. The molecular weight excluding hydrogens is 158 g/mol. The third-order valence-corrected chi connectivity index (χ3v) is 1.14. The van der Waals surface area contributed by atoms with Crippen LogP contribution in [0.4, 0.5) is 16.6 Å². The Kier molecular flexibility index (Phi) is 2.42. The second kappa shape index (κ2) is 3.51. The fraction of sp³-hybridized carbons (Fsp3) is 0.167. The van der Waals surface area contributed by atoms with Crippen LogP contribution >= 0.6 is 0 Å². The van der Waals surface area contributed by atoms with Gasteiger partial charge in [0, 0.05) is 13.2 Å². The lowest BCUT2D eigenvalue weighted by Gasteiger charge is -2.02. The Morgan fingerprint density at radius 3 is 3.00 bits per heavy atom. The molecule has 6 nitrogen and oxygen atoms in total. The van der Waals surface area contributed by atoms with Crippen molar-refractivity contribution in [1.82, 2.24) is 15.3 Å². The molecule has 0 aliphatic rings. The lowest BCUT2D eigenvalue weighted by Crippen LogP contribution is -2.25. The molecule has 1 aromatic rings. The number of hydrogen-bond donors (Lipinski definition) is 3. The smallest absolute Gasteiger partial charge is 0.320 e. The number of anilines is 2. The molecule has 2 amide bonds. The van der Waals surface area contributed by atoms with Crippen molar-refractivity contribution in [2.75, 3.05) is 18.1 Å². The van der Waals surface area contributed by atoms with Crippen LogP contribution in [0.2, 0.25) is 0 Å². The second-order valence-corrected chi connectivity index (χ2v) is 2.00. The Morgan fingerprint density at radius 2 is 2.42 bits per heavy atom. The zero-order valence-corrected chi connectivity index (χ0v) is 6.53. The molecule has 0 bridgehead atoms. The number of urea groups is 1. The van der Waals surface area contributed by atoms with Crippen molar-refractivity contribution >= 4 is 17.8 Å². The van der Waals surface area contributed by atoms with E-state index < -0.39 is 0 Å². The van der Waals surface area contributed by atoms with Gasteiger partial charge in [-0.15, -0.1) is 0 Å². The fourth-order valence-electron chi connectivity index (χ4n) is 0.622. The summed E-state index contributed by atoms with van der Waals surface area (Å²) in [6.45, 7) is 0. The Balaban J connectivity index is 2.69. The SMILES string of the molecule is CNC(=O)Nc1ccnc(N)n1. The number of nitrogens with zero attached hydrogens (tertiary/aromatic N) is 2. The molecule has 1 rings (SSSR count). The van der Waals surface area contributed by atoms with Crippen LogP contribution in [0.15, 0.2) is 12.3 Å². The molecule has 0 aliphatic heterocycles. The average molecular weight is 167 g/mol. The van der Waals surface area contributed by atoms with Gasteiger partial charge in [-0.1, -0.05) is 0 Å². The molecule has 0 saturated carbocycles. The van der Waals surface area contributed by atoms with Crippen molar-refractivity contribution in [3.63, 3.8) is 0 Å². The molecule has 4 N–H and O–H groups in total. The molecule has 0 spiro atoms. The number of nitrogen functional groups attached to an aromatic ring is 1. The number of carbonyl (C=O) groups is 1. The highest BCUT2D eigenvalue weighted by Gasteiger charge is 1.98. The second-order valence-electron chi connectivity index (χ2n) is 2.00. The summed E-state index contributed by atoms with van der Waals surface area (Å²) < 4.78 is 0. The summed E-state index contributed by atoms with van der Waals surface area (Å²) >= 11 is 0. The van der Waals surface area contributed by atoms with E-state index in [0.29, 0.717) is 5.82 Å². The van der Waals surface area contributed by atoms with Crippen LogP contribution in [0.25, 0.3) is 0 Å². The van der Waals surface area contributed by atoms with Gasteiger partial charge in [0.2, 0.25) is 5.95 Å². The summed E-state index contributed by atoms with van der Waals surface area (Å²) in [6.07, 6.45) is 1.47. The van der Waals surface area contributed by atoms with Crippen LogP contribution in [0.3, 0.4) is 0 Å². The number of carbonyl (C=O) groups excluding carboxylic acids is 1. The first-order valence-corrected chi connectivity index (χ1v) is 3.29. The molecule has 0 fully saturated rings. The Bertz CT molecular complexity index is 287. The zero-order valence-electron chi connectivity index (χ0n) is 6.53. The molecule has 0 aromatic carbocycles. The summed E-state index contributed by atoms with van der Waals surface area (Å²) in [5, 5.41) is 4.83. The third-order valence-electron chi connectivity index (χ3n) is 1.14. The van der Waals surface area contributed by atoms with Crippen molar-refractivity contribution < 1.29 is 4.79 Å². The van der Waals surface area contributed by atoms with Gasteiger partial charge in [0.15, 0.2) is 0 Å². The van der Waals surface area contributed by atoms with Crippen LogP contribution < -0.4 is 16.4 Å². The number of nitrogens with one attached hydrogen (secondary N) is 2. The van der Waals surface area contributed by atoms with E-state index >= 15 is 0 Å². The fourth-order valence-corrected chi connectivity index (χ4v) is 0.622. The maximum Gasteiger partial charge on any atom is 0.320 e. The van der Waals surface area contributed by atoms with E-state index in [1.165, 1.54) is 13.2 Å². The van der Waals surface area contributed by atoms with E-state index in [2.05, 4.69) is 20.6 Å². The van der Waals surface area contributed by atoms with Gasteiger partial charge >= 0.3 is 6.03 Å². The molecule has 6 heteroatoms. The van der Waals surface area contributed by atoms with E-state index in [-0.39, 0.29) is 12.0 Å². The maximum atomic E-state index is 10.8. The highest BCUT2D eigenvalue weighted by atomic mass is 16.2. The molecule has 0 unspecified atom stereocenters. The summed E-state index contributed by atoms with van der Waals surface area (Å²) in [5.41, 5.74) is 5.28. The Labute approximate surface area is 69.2 Å². The first-order chi connectivity index (χ1) is 5.72. The normalized spacial score (nSPS) is 9.08. The molecule has 12 heavy (non-hydrogen) atoms. The van der Waals surface area contributed by atoms with Crippen molar-refractivity contribution in [3.05, 3.63) is 12.3 Å². The van der Waals surface area contributed by atoms with Gasteiger partial charge in [-0.05, 0) is 6.07 Å². The first kappa shape index (κ1) is 8.25. The van der Waals surface area contributed by atoms with Gasteiger partial charge < -0.3 is 11.1 Å². The minimum Gasteiger partial charge on any atom is -0.368 e. The monoisotopic (exact) mass is 167 g/mol. The van der Waals surface area contributed by atoms with Gasteiger partial charge in [0.1, 0.15) is 5.82 Å². The van der Waals surface area contributed by atoms with Crippen molar-refractivity contribution in [2.24, 2.45) is 0 Å². The zero-order chi connectivity index (χ0) is 8.97. The number of amides is 2. The number of aromatic nitrogens is 2. The predicted molar refractivity (Wildman–Crippen MR) is 44.5 cm³/mol. The molecule has 64 valence electrons. The van der Waals surface area contributed by atoms with Gasteiger partial charge in [0.25, 0.3) is 0 Å². The number of hydrogen-bond acceptors (Lipinski definition) is 4. The topological polar surface area (TPSA) is 92.9 Å². The van der Waals surface area contributed by atoms with E-state index in [1.54, 1.807) is 6.07 Å². The lowest BCUT2D eigenvalue weighted by molar-refractivity contribution is 0.254. The van der Waals surface area contributed by atoms with E-state index in [4.69, 9.17) is 5.73 Å². The van der Waals surface area contributed by atoms with Crippen molar-refractivity contribution in [1.29, 1.82) is 0 Å². The highest BCUT2D eigenvalue weighted by Crippen LogP contribution is 2.01. The van der Waals surface area contributed by atoms with Crippen LogP contribution in [0.1, 0.15) is 0 Å². The largest absolute Gasteiger partial charge is 0.368 e. The molecule has 0 atom stereocenters. The quantitative estimate of drug-likeness (QED) is 0.540. The number of rotatable bonds is 1. The van der Waals surface area contributed by atoms with Gasteiger partial charge in [-0.3, -0.25) is 5.32 Å². The van der Waals surface area contributed by atoms with Crippen LogP contribution in [-0.2, 0) is 0 Å². The third kappa shape index (κ3) is 2.08. The summed E-state index contributed by atoms with van der Waals surface area (Å²) in [4.78, 5) is 18.2. The molecule has 1 aromatic heterocycles. The minimum absolute atomic E-state index is 0.129. The predicted octanol–water partition coefficient (Wildman–Crippen LogP) is -0.190. The van der Waals surface area contributed by atoms with Crippen molar-refractivity contribution in [3.8, 4) is 0 Å². The minimum atomic E-state index is -0.340. The van der Waals surface area contributed by atoms with Gasteiger partial charge in [-0.2, -0.15) is 4.98 Å². The molecule has 1 heterocycles. The summed E-state index contributed by atoms with van der Waals surface area (Å²) in [6, 6.07) is 1.21. The van der Waals surface area contributed by atoms with Crippen LogP contribution in [0, 0.1) is 0 Å². The highest BCUT2D eigenvalue weighted by molar-refractivity contribution is 5.87. The van der Waals surface area contributed by atoms with E-state index in [0.717, 1.165) is 0 Å². The standard InChI is InChI=1S/C6H9N5O/c1-8-6(12)11-4-2-3-9-5(7)10-4/h2-3H,1H3,(H4,7,8,9,10,11,12). The van der Waals surface area contributed by atoms with Crippen LogP contribution in [-0.4, -0.2) is 23.0 Å². The Morgan fingerprint density at radius 1 is 1.67 bits per heavy atom. The first-order valence-electron chi connectivity index (χ1n) is 3.29. The maximum absolute atomic E-state index is 10.8. The average Bonchev–Trinajstić information content (AvgIpc) is 2.04. The molecule has 0 aliphatic carbocycles. The van der Waals surface area contributed by atoms with Crippen LogP contribution in [0.5, 0.6) is 0 Å². The summed E-state index contributed by atoms with van der Waals surface area (Å²) in [7, 11) is 1.51. The lowest BCUT2D eigenvalue weighted by atomic mass is 10.6. The summed E-state index contributed by atoms with van der Waals surface area (Å²) in [5.74, 6) is 0.505. The molecule has 0 saturated heterocycles. The van der Waals surface area contributed by atoms with Gasteiger partial charge in [0.05, 0.1) is 0 Å². The molecular formula is C6H9N5O.